The summed E-state index contributed by atoms with van der Waals surface area (Å²) in [7, 11) is 0. The van der Waals surface area contributed by atoms with Crippen LogP contribution in [0.15, 0.2) is 39.9 Å². The van der Waals surface area contributed by atoms with Gasteiger partial charge in [-0.05, 0) is 24.3 Å². The molecule has 3 rings (SSSR count). The Morgan fingerprint density at radius 1 is 1.14 bits per heavy atom. The minimum Gasteiger partial charge on any atom is -0.297 e. The Morgan fingerprint density at radius 2 is 1.81 bits per heavy atom. The number of halogens is 1. The van der Waals surface area contributed by atoms with Crippen LogP contribution >= 0.6 is 11.6 Å². The van der Waals surface area contributed by atoms with Crippen molar-refractivity contribution in [1.82, 2.24) is 9.55 Å². The Bertz CT molecular complexity index is 743. The fourth-order valence-corrected chi connectivity index (χ4v) is 3.35. The largest absolute Gasteiger partial charge is 0.329 e. The van der Waals surface area contributed by atoms with Gasteiger partial charge in [0.1, 0.15) is 5.15 Å². The summed E-state index contributed by atoms with van der Waals surface area (Å²) in [6.07, 6.45) is 4.15. The van der Waals surface area contributed by atoms with E-state index < -0.39 is 5.69 Å². The van der Waals surface area contributed by atoms with E-state index >= 15 is 0 Å². The molecular formula is C16H17ClN2O2. The van der Waals surface area contributed by atoms with Crippen molar-refractivity contribution in [1.29, 1.82) is 0 Å². The molecule has 2 aromatic rings. The minimum atomic E-state index is -0.449. The summed E-state index contributed by atoms with van der Waals surface area (Å²) >= 11 is 6.12. The lowest BCUT2D eigenvalue weighted by Crippen LogP contribution is -2.38. The zero-order valence-electron chi connectivity index (χ0n) is 11.6. The fraction of sp³-hybridized carbons (Fsp3) is 0.375. The molecule has 0 radical (unpaired) electrons. The molecule has 1 aliphatic carbocycles. The first-order valence-electron chi connectivity index (χ1n) is 7.23. The lowest BCUT2D eigenvalue weighted by Gasteiger charge is -2.13. The highest BCUT2D eigenvalue weighted by atomic mass is 35.5. The molecule has 0 spiro atoms. The molecule has 110 valence electrons. The van der Waals surface area contributed by atoms with Crippen LogP contribution in [0.4, 0.5) is 0 Å². The SMILES string of the molecule is O=c1[nH]c(Cl)c(C2CCCC2)c(=O)n1Cc1ccccc1. The maximum Gasteiger partial charge on any atom is 0.329 e. The smallest absolute Gasteiger partial charge is 0.297 e. The van der Waals surface area contributed by atoms with Crippen molar-refractivity contribution in [2.24, 2.45) is 0 Å². The molecule has 1 N–H and O–H groups in total. The van der Waals surface area contributed by atoms with Crippen LogP contribution in [0.5, 0.6) is 0 Å². The van der Waals surface area contributed by atoms with E-state index in [9.17, 15) is 9.59 Å². The highest BCUT2D eigenvalue weighted by Crippen LogP contribution is 2.34. The standard InChI is InChI=1S/C16H17ClN2O2/c17-14-13(12-8-4-5-9-12)15(20)19(16(21)18-14)10-11-6-2-1-3-7-11/h1-3,6-7,12H,4-5,8-10H2,(H,18,21). The zero-order valence-corrected chi connectivity index (χ0v) is 12.4. The normalized spacial score (nSPS) is 15.5. The van der Waals surface area contributed by atoms with Gasteiger partial charge in [-0.25, -0.2) is 4.79 Å². The lowest BCUT2D eigenvalue weighted by atomic mass is 10.0. The minimum absolute atomic E-state index is 0.170. The van der Waals surface area contributed by atoms with Crippen LogP contribution in [0.3, 0.4) is 0 Å². The van der Waals surface area contributed by atoms with Gasteiger partial charge in [0.25, 0.3) is 5.56 Å². The molecule has 1 aromatic carbocycles. The summed E-state index contributed by atoms with van der Waals surface area (Å²) in [5.74, 6) is 0.170. The number of H-pyrrole nitrogens is 1. The average Bonchev–Trinajstić information content (AvgIpc) is 2.98. The van der Waals surface area contributed by atoms with Gasteiger partial charge in [-0.2, -0.15) is 0 Å². The maximum absolute atomic E-state index is 12.7. The second-order valence-corrected chi connectivity index (χ2v) is 5.89. The highest BCUT2D eigenvalue weighted by molar-refractivity contribution is 6.30. The number of rotatable bonds is 3. The molecule has 1 fully saturated rings. The van der Waals surface area contributed by atoms with Crippen LogP contribution < -0.4 is 11.2 Å². The maximum atomic E-state index is 12.7. The molecule has 1 aromatic heterocycles. The van der Waals surface area contributed by atoms with Crippen molar-refractivity contribution in [3.8, 4) is 0 Å². The molecule has 0 atom stereocenters. The molecule has 0 amide bonds. The molecule has 1 aliphatic rings. The quantitative estimate of drug-likeness (QED) is 0.887. The Kier molecular flexibility index (Phi) is 3.97. The van der Waals surface area contributed by atoms with Crippen LogP contribution in [0.2, 0.25) is 5.15 Å². The van der Waals surface area contributed by atoms with E-state index in [0.29, 0.717) is 5.56 Å². The summed E-state index contributed by atoms with van der Waals surface area (Å²) in [6, 6.07) is 9.48. The number of aromatic amines is 1. The van der Waals surface area contributed by atoms with Gasteiger partial charge < -0.3 is 0 Å². The predicted octanol–water partition coefficient (Wildman–Crippen LogP) is 2.90. The predicted molar refractivity (Wildman–Crippen MR) is 83.1 cm³/mol. The molecule has 4 nitrogen and oxygen atoms in total. The van der Waals surface area contributed by atoms with Crippen molar-refractivity contribution in [3.05, 3.63) is 67.4 Å². The van der Waals surface area contributed by atoms with E-state index in [0.717, 1.165) is 31.2 Å². The number of aromatic nitrogens is 2. The Morgan fingerprint density at radius 3 is 2.48 bits per heavy atom. The molecule has 21 heavy (non-hydrogen) atoms. The van der Waals surface area contributed by atoms with Crippen LogP contribution in [0.25, 0.3) is 0 Å². The van der Waals surface area contributed by atoms with E-state index in [2.05, 4.69) is 4.98 Å². The summed E-state index contributed by atoms with van der Waals surface area (Å²) < 4.78 is 1.24. The van der Waals surface area contributed by atoms with Crippen LogP contribution in [-0.2, 0) is 6.54 Å². The van der Waals surface area contributed by atoms with Gasteiger partial charge >= 0.3 is 5.69 Å². The first-order chi connectivity index (χ1) is 10.2. The summed E-state index contributed by atoms with van der Waals surface area (Å²) in [6.45, 7) is 0.270. The van der Waals surface area contributed by atoms with Gasteiger partial charge in [0.2, 0.25) is 0 Å². The molecule has 1 heterocycles. The van der Waals surface area contributed by atoms with E-state index in [1.165, 1.54) is 4.57 Å². The summed E-state index contributed by atoms with van der Waals surface area (Å²) in [5.41, 5.74) is 0.796. The third-order valence-electron chi connectivity index (χ3n) is 4.12. The van der Waals surface area contributed by atoms with Crippen molar-refractivity contribution >= 4 is 11.6 Å². The second kappa shape index (κ2) is 5.90. The third-order valence-corrected chi connectivity index (χ3v) is 4.42. The molecule has 5 heteroatoms. The van der Waals surface area contributed by atoms with Gasteiger partial charge in [0.15, 0.2) is 0 Å². The lowest BCUT2D eigenvalue weighted by molar-refractivity contribution is 0.641. The van der Waals surface area contributed by atoms with Gasteiger partial charge in [-0.1, -0.05) is 54.8 Å². The fourth-order valence-electron chi connectivity index (χ4n) is 3.04. The molecule has 0 unspecified atom stereocenters. The number of hydrogen-bond acceptors (Lipinski definition) is 2. The number of benzene rings is 1. The third kappa shape index (κ3) is 2.81. The Labute approximate surface area is 127 Å². The molecule has 1 saturated carbocycles. The molecule has 0 saturated heterocycles. The summed E-state index contributed by atoms with van der Waals surface area (Å²) in [5, 5.41) is 0.209. The monoisotopic (exact) mass is 304 g/mol. The molecule has 0 aliphatic heterocycles. The number of nitrogens with zero attached hydrogens (tertiary/aromatic N) is 1. The van der Waals surface area contributed by atoms with Crippen LogP contribution in [0.1, 0.15) is 42.7 Å². The summed E-state index contributed by atoms with van der Waals surface area (Å²) in [4.78, 5) is 27.3. The molecular weight excluding hydrogens is 288 g/mol. The van der Waals surface area contributed by atoms with Crippen molar-refractivity contribution in [2.75, 3.05) is 0 Å². The average molecular weight is 305 g/mol. The van der Waals surface area contributed by atoms with Crippen molar-refractivity contribution < 1.29 is 0 Å². The first-order valence-corrected chi connectivity index (χ1v) is 7.61. The van der Waals surface area contributed by atoms with Gasteiger partial charge in [-0.15, -0.1) is 0 Å². The van der Waals surface area contributed by atoms with E-state index in [1.54, 1.807) is 0 Å². The molecule has 0 bridgehead atoms. The Balaban J connectivity index is 2.06. The number of nitrogens with one attached hydrogen (secondary N) is 1. The van der Waals surface area contributed by atoms with Gasteiger partial charge in [0.05, 0.1) is 12.1 Å². The second-order valence-electron chi connectivity index (χ2n) is 5.52. The topological polar surface area (TPSA) is 54.9 Å². The number of hydrogen-bond donors (Lipinski definition) is 1. The van der Waals surface area contributed by atoms with E-state index in [1.807, 2.05) is 30.3 Å². The first kappa shape index (κ1) is 14.1. The Hall–Kier alpha value is -1.81. The van der Waals surface area contributed by atoms with E-state index in [4.69, 9.17) is 11.6 Å². The van der Waals surface area contributed by atoms with E-state index in [-0.39, 0.29) is 23.2 Å². The zero-order chi connectivity index (χ0) is 14.8. The van der Waals surface area contributed by atoms with Gasteiger partial charge in [-0.3, -0.25) is 14.3 Å². The van der Waals surface area contributed by atoms with Gasteiger partial charge in [0, 0.05) is 0 Å². The highest BCUT2D eigenvalue weighted by Gasteiger charge is 2.24. The van der Waals surface area contributed by atoms with Crippen molar-refractivity contribution in [3.63, 3.8) is 0 Å². The van der Waals surface area contributed by atoms with Crippen LogP contribution in [-0.4, -0.2) is 9.55 Å². The van der Waals surface area contributed by atoms with Crippen LogP contribution in [0, 0.1) is 0 Å². The van der Waals surface area contributed by atoms with Crippen molar-refractivity contribution in [2.45, 2.75) is 38.1 Å².